The molecule has 4 nitrogen and oxygen atoms in total. The second kappa shape index (κ2) is 7.90. The lowest BCUT2D eigenvalue weighted by atomic mass is 9.86. The molecule has 120 valence electrons. The van der Waals surface area contributed by atoms with Gasteiger partial charge >= 0.3 is 5.97 Å². The predicted octanol–water partition coefficient (Wildman–Crippen LogP) is 3.19. The van der Waals surface area contributed by atoms with E-state index >= 15 is 0 Å². The van der Waals surface area contributed by atoms with Gasteiger partial charge in [0, 0.05) is 12.7 Å². The first-order valence-corrected chi connectivity index (χ1v) is 7.59. The lowest BCUT2D eigenvalue weighted by molar-refractivity contribution is -0.147. The van der Waals surface area contributed by atoms with Crippen molar-refractivity contribution in [1.29, 1.82) is 0 Å². The lowest BCUT2D eigenvalue weighted by Gasteiger charge is -2.31. The van der Waals surface area contributed by atoms with E-state index < -0.39 is 11.6 Å². The molecule has 0 saturated heterocycles. The van der Waals surface area contributed by atoms with Gasteiger partial charge in [-0.1, -0.05) is 60.7 Å². The Bertz CT molecular complexity index is 657. The van der Waals surface area contributed by atoms with Gasteiger partial charge in [0.05, 0.1) is 0 Å². The Balaban J connectivity index is 2.45. The summed E-state index contributed by atoms with van der Waals surface area (Å²) in [5.41, 5.74) is -0.330. The van der Waals surface area contributed by atoms with E-state index in [2.05, 4.69) is 0 Å². The monoisotopic (exact) mass is 332 g/mol. The van der Waals surface area contributed by atoms with Gasteiger partial charge in [-0.2, -0.15) is 0 Å². The molecule has 0 fully saturated rings. The summed E-state index contributed by atoms with van der Waals surface area (Å²) in [5.74, 6) is -1.17. The number of ketones is 1. The Morgan fingerprint density at radius 2 is 1.57 bits per heavy atom. The maximum atomic E-state index is 13.0. The fourth-order valence-electron chi connectivity index (χ4n) is 2.30. The topological polar surface area (TPSA) is 52.6 Å². The summed E-state index contributed by atoms with van der Waals surface area (Å²) in [7, 11) is 1.42. The molecule has 2 rings (SSSR count). The van der Waals surface area contributed by atoms with E-state index in [1.807, 2.05) is 12.1 Å². The highest BCUT2D eigenvalue weighted by atomic mass is 35.5. The Kier molecular flexibility index (Phi) is 5.90. The summed E-state index contributed by atoms with van der Waals surface area (Å²) in [4.78, 5) is 24.5. The van der Waals surface area contributed by atoms with Gasteiger partial charge in [-0.05, 0) is 5.56 Å². The van der Waals surface area contributed by atoms with Gasteiger partial charge in [-0.25, -0.2) is 0 Å². The van der Waals surface area contributed by atoms with E-state index in [0.717, 1.165) is 0 Å². The molecule has 0 aliphatic carbocycles. The fraction of sp³-hybridized carbons (Fsp3) is 0.222. The second-order valence-electron chi connectivity index (χ2n) is 4.89. The fourth-order valence-corrected chi connectivity index (χ4v) is 2.38. The van der Waals surface area contributed by atoms with Crippen LogP contribution in [0.4, 0.5) is 0 Å². The summed E-state index contributed by atoms with van der Waals surface area (Å²) in [6, 6.07) is 17.7. The highest BCUT2D eigenvalue weighted by molar-refractivity contribution is 6.26. The molecule has 0 radical (unpaired) electrons. The molecular weight excluding hydrogens is 316 g/mol. The van der Waals surface area contributed by atoms with E-state index in [0.29, 0.717) is 11.1 Å². The van der Waals surface area contributed by atoms with Crippen molar-refractivity contribution in [2.45, 2.75) is 5.60 Å². The highest BCUT2D eigenvalue weighted by Crippen LogP contribution is 2.30. The third kappa shape index (κ3) is 3.78. The van der Waals surface area contributed by atoms with Crippen LogP contribution in [-0.4, -0.2) is 31.3 Å². The minimum absolute atomic E-state index is 0.243. The van der Waals surface area contributed by atoms with Crippen LogP contribution < -0.4 is 0 Å². The first-order valence-electron chi connectivity index (χ1n) is 7.06. The van der Waals surface area contributed by atoms with Gasteiger partial charge in [0.25, 0.3) is 0 Å². The smallest absolute Gasteiger partial charge is 0.321 e. The third-order valence-corrected chi connectivity index (χ3v) is 3.76. The number of esters is 1. The highest BCUT2D eigenvalue weighted by Gasteiger charge is 2.42. The zero-order valence-corrected chi connectivity index (χ0v) is 13.5. The van der Waals surface area contributed by atoms with E-state index in [-0.39, 0.29) is 18.3 Å². The van der Waals surface area contributed by atoms with Gasteiger partial charge in [0.1, 0.15) is 12.5 Å². The normalized spacial score (nSPS) is 13.1. The van der Waals surface area contributed by atoms with Gasteiger partial charge in [-0.3, -0.25) is 9.59 Å². The molecule has 0 heterocycles. The van der Waals surface area contributed by atoms with Gasteiger partial charge < -0.3 is 9.47 Å². The number of alkyl halides is 1. The summed E-state index contributed by atoms with van der Waals surface area (Å²) in [6.07, 6.45) is 0. The van der Waals surface area contributed by atoms with Crippen molar-refractivity contribution in [3.8, 4) is 0 Å². The number of halogens is 1. The Morgan fingerprint density at radius 3 is 2.09 bits per heavy atom. The van der Waals surface area contributed by atoms with Crippen molar-refractivity contribution in [3.63, 3.8) is 0 Å². The van der Waals surface area contributed by atoms with E-state index in [1.165, 1.54) is 7.11 Å². The Hall–Kier alpha value is -2.17. The molecule has 0 N–H and O–H groups in total. The van der Waals surface area contributed by atoms with Crippen LogP contribution in [0.25, 0.3) is 0 Å². The molecule has 1 atom stereocenters. The molecule has 0 saturated carbocycles. The number of hydrogen-bond donors (Lipinski definition) is 0. The van der Waals surface area contributed by atoms with Crippen molar-refractivity contribution in [3.05, 3.63) is 71.8 Å². The molecule has 2 aromatic carbocycles. The molecule has 0 aliphatic heterocycles. The molecule has 0 amide bonds. The molecule has 0 spiro atoms. The van der Waals surface area contributed by atoms with E-state index in [4.69, 9.17) is 21.1 Å². The Morgan fingerprint density at radius 1 is 1.00 bits per heavy atom. The van der Waals surface area contributed by atoms with E-state index in [1.54, 1.807) is 48.5 Å². The van der Waals surface area contributed by atoms with Gasteiger partial charge in [-0.15, -0.1) is 11.6 Å². The average molecular weight is 333 g/mol. The maximum Gasteiger partial charge on any atom is 0.321 e. The zero-order valence-electron chi connectivity index (χ0n) is 12.7. The number of ether oxygens (including phenoxy) is 2. The third-order valence-electron chi connectivity index (χ3n) is 3.54. The number of methoxy groups -OCH3 is 1. The number of benzene rings is 2. The van der Waals surface area contributed by atoms with Crippen LogP contribution in [0.2, 0.25) is 0 Å². The molecule has 1 unspecified atom stereocenters. The minimum Gasteiger partial charge on any atom is -0.461 e. The first kappa shape index (κ1) is 17.2. The van der Waals surface area contributed by atoms with Crippen LogP contribution in [0.3, 0.4) is 0 Å². The number of Topliss-reactive ketones (excluding diaryl/α,β-unsaturated/α-hetero) is 1. The maximum absolute atomic E-state index is 13.0. The standard InChI is InChI=1S/C18H17ClO4/c1-22-18(13-23-16(20)12-19,15-10-6-3-7-11-15)17(21)14-8-4-2-5-9-14/h2-11H,12-13H2,1H3. The SMILES string of the molecule is COC(COC(=O)CCl)(C(=O)c1ccccc1)c1ccccc1. The van der Waals surface area contributed by atoms with E-state index in [9.17, 15) is 9.59 Å². The van der Waals surface area contributed by atoms with Crippen LogP contribution in [0.15, 0.2) is 60.7 Å². The number of carbonyl (C=O) groups excluding carboxylic acids is 2. The van der Waals surface area contributed by atoms with Crippen molar-refractivity contribution < 1.29 is 19.1 Å². The number of rotatable bonds is 7. The summed E-state index contributed by atoms with van der Waals surface area (Å²) >= 11 is 5.47. The summed E-state index contributed by atoms with van der Waals surface area (Å²) in [5, 5.41) is 0. The molecule has 5 heteroatoms. The molecule has 0 aromatic heterocycles. The molecule has 0 bridgehead atoms. The predicted molar refractivity (Wildman–Crippen MR) is 87.6 cm³/mol. The largest absolute Gasteiger partial charge is 0.461 e. The summed E-state index contributed by atoms with van der Waals surface area (Å²) in [6.45, 7) is -0.243. The molecular formula is C18H17ClO4. The van der Waals surface area contributed by atoms with Crippen LogP contribution >= 0.6 is 11.6 Å². The number of hydrogen-bond acceptors (Lipinski definition) is 4. The van der Waals surface area contributed by atoms with Crippen LogP contribution in [0.1, 0.15) is 15.9 Å². The number of carbonyl (C=O) groups is 2. The van der Waals surface area contributed by atoms with Crippen molar-refractivity contribution in [1.82, 2.24) is 0 Å². The minimum atomic E-state index is -1.41. The van der Waals surface area contributed by atoms with Crippen LogP contribution in [-0.2, 0) is 19.9 Å². The lowest BCUT2D eigenvalue weighted by Crippen LogP contribution is -2.43. The molecule has 23 heavy (non-hydrogen) atoms. The van der Waals surface area contributed by atoms with Crippen molar-refractivity contribution in [2.75, 3.05) is 19.6 Å². The zero-order chi connectivity index (χ0) is 16.7. The van der Waals surface area contributed by atoms with Gasteiger partial charge in [0.2, 0.25) is 5.78 Å². The van der Waals surface area contributed by atoms with Crippen LogP contribution in [0, 0.1) is 0 Å². The molecule has 0 aliphatic rings. The molecule has 2 aromatic rings. The van der Waals surface area contributed by atoms with Gasteiger partial charge in [0.15, 0.2) is 5.60 Å². The average Bonchev–Trinajstić information content (AvgIpc) is 2.63. The van der Waals surface area contributed by atoms with Crippen LogP contribution in [0.5, 0.6) is 0 Å². The first-order chi connectivity index (χ1) is 11.1. The quantitative estimate of drug-likeness (QED) is 0.444. The second-order valence-corrected chi connectivity index (χ2v) is 5.15. The van der Waals surface area contributed by atoms with Crippen molar-refractivity contribution in [2.24, 2.45) is 0 Å². The van der Waals surface area contributed by atoms with Crippen molar-refractivity contribution >= 4 is 23.4 Å². The summed E-state index contributed by atoms with van der Waals surface area (Å²) < 4.78 is 10.7. The Labute approximate surface area is 140 Å².